The van der Waals surface area contributed by atoms with Gasteiger partial charge in [0.1, 0.15) is 0 Å². The summed E-state index contributed by atoms with van der Waals surface area (Å²) in [4.78, 5) is 0. The van der Waals surface area contributed by atoms with Crippen LogP contribution in [-0.2, 0) is 6.42 Å². The fourth-order valence-corrected chi connectivity index (χ4v) is 1.23. The van der Waals surface area contributed by atoms with E-state index in [1.807, 2.05) is 6.07 Å². The molecular formula is C9H18N4. The van der Waals surface area contributed by atoms with Crippen LogP contribution in [0.25, 0.3) is 0 Å². The summed E-state index contributed by atoms with van der Waals surface area (Å²) in [7, 11) is 0. The summed E-state index contributed by atoms with van der Waals surface area (Å²) in [5.41, 5.74) is 6.61. The first-order valence-electron chi connectivity index (χ1n) is 4.74. The molecule has 4 nitrogen and oxygen atoms in total. The first kappa shape index (κ1) is 10.2. The van der Waals surface area contributed by atoms with Crippen LogP contribution in [0.5, 0.6) is 0 Å². The summed E-state index contributed by atoms with van der Waals surface area (Å²) in [6.45, 7) is 3.88. The third-order valence-electron chi connectivity index (χ3n) is 2.05. The number of hydrogen-bond donors (Lipinski definition) is 3. The van der Waals surface area contributed by atoms with Crippen molar-refractivity contribution in [1.82, 2.24) is 15.5 Å². The smallest absolute Gasteiger partial charge is 0.0490 e. The largest absolute Gasteiger partial charge is 0.330 e. The van der Waals surface area contributed by atoms with Gasteiger partial charge in [0.15, 0.2) is 0 Å². The number of aromatic nitrogens is 2. The highest BCUT2D eigenvalue weighted by atomic mass is 15.1. The van der Waals surface area contributed by atoms with Crippen LogP contribution in [0, 0.1) is 0 Å². The molecule has 0 aliphatic rings. The van der Waals surface area contributed by atoms with E-state index in [9.17, 15) is 0 Å². The molecule has 4 N–H and O–H groups in total. The van der Waals surface area contributed by atoms with E-state index in [0.29, 0.717) is 6.04 Å². The van der Waals surface area contributed by atoms with E-state index < -0.39 is 0 Å². The Labute approximate surface area is 78.9 Å². The van der Waals surface area contributed by atoms with Gasteiger partial charge in [-0.25, -0.2) is 0 Å². The molecule has 0 fully saturated rings. The molecule has 1 unspecified atom stereocenters. The number of aromatic amines is 1. The summed E-state index contributed by atoms with van der Waals surface area (Å²) in [6.07, 6.45) is 3.80. The highest BCUT2D eigenvalue weighted by Crippen LogP contribution is 1.93. The van der Waals surface area contributed by atoms with E-state index in [-0.39, 0.29) is 0 Å². The van der Waals surface area contributed by atoms with Gasteiger partial charge in [-0.2, -0.15) is 5.10 Å². The maximum atomic E-state index is 5.44. The Morgan fingerprint density at radius 2 is 2.54 bits per heavy atom. The van der Waals surface area contributed by atoms with E-state index in [1.165, 1.54) is 5.69 Å². The Hall–Kier alpha value is -0.870. The van der Waals surface area contributed by atoms with Crippen molar-refractivity contribution in [1.29, 1.82) is 0 Å². The van der Waals surface area contributed by atoms with Crippen molar-refractivity contribution in [2.45, 2.75) is 25.8 Å². The molecule has 0 saturated heterocycles. The van der Waals surface area contributed by atoms with Crippen molar-refractivity contribution < 1.29 is 0 Å². The molecule has 1 rings (SSSR count). The molecule has 74 valence electrons. The maximum absolute atomic E-state index is 5.44. The molecule has 4 heteroatoms. The molecule has 0 bridgehead atoms. The summed E-state index contributed by atoms with van der Waals surface area (Å²) >= 11 is 0. The van der Waals surface area contributed by atoms with Crippen molar-refractivity contribution in [2.24, 2.45) is 5.73 Å². The van der Waals surface area contributed by atoms with E-state index in [0.717, 1.165) is 25.9 Å². The third-order valence-corrected chi connectivity index (χ3v) is 2.05. The minimum atomic E-state index is 0.507. The number of nitrogens with two attached hydrogens (primary N) is 1. The van der Waals surface area contributed by atoms with Crippen LogP contribution in [0.3, 0.4) is 0 Å². The van der Waals surface area contributed by atoms with Crippen LogP contribution in [-0.4, -0.2) is 29.3 Å². The number of rotatable bonds is 6. The molecule has 0 spiro atoms. The number of H-pyrrole nitrogens is 1. The van der Waals surface area contributed by atoms with Gasteiger partial charge in [0, 0.05) is 30.9 Å². The van der Waals surface area contributed by atoms with Crippen molar-refractivity contribution in [3.8, 4) is 0 Å². The van der Waals surface area contributed by atoms with Crippen molar-refractivity contribution in [2.75, 3.05) is 13.1 Å². The molecule has 13 heavy (non-hydrogen) atoms. The molecule has 0 amide bonds. The second-order valence-electron chi connectivity index (χ2n) is 3.26. The molecule has 0 aliphatic carbocycles. The van der Waals surface area contributed by atoms with Gasteiger partial charge in [-0.1, -0.05) is 0 Å². The highest BCUT2D eigenvalue weighted by Gasteiger charge is 1.99. The quantitative estimate of drug-likeness (QED) is 0.592. The Bertz CT molecular complexity index is 207. The van der Waals surface area contributed by atoms with Crippen molar-refractivity contribution in [3.05, 3.63) is 18.0 Å². The summed E-state index contributed by atoms with van der Waals surface area (Å²) in [6, 6.07) is 2.50. The molecule has 1 aromatic rings. The van der Waals surface area contributed by atoms with Gasteiger partial charge in [-0.05, 0) is 26.0 Å². The predicted octanol–water partition coefficient (Wildman–Crippen LogP) is 0.279. The molecule has 1 heterocycles. The molecular weight excluding hydrogens is 164 g/mol. The minimum Gasteiger partial charge on any atom is -0.330 e. The lowest BCUT2D eigenvalue weighted by Gasteiger charge is -2.11. The zero-order chi connectivity index (χ0) is 9.52. The number of hydrogen-bond acceptors (Lipinski definition) is 3. The predicted molar refractivity (Wildman–Crippen MR) is 53.4 cm³/mol. The fourth-order valence-electron chi connectivity index (χ4n) is 1.23. The van der Waals surface area contributed by atoms with Crippen molar-refractivity contribution in [3.63, 3.8) is 0 Å². The Morgan fingerprint density at radius 3 is 3.15 bits per heavy atom. The molecule has 0 aliphatic heterocycles. The van der Waals surface area contributed by atoms with Crippen LogP contribution in [0.1, 0.15) is 19.0 Å². The lowest BCUT2D eigenvalue weighted by molar-refractivity contribution is 0.521. The Balaban J connectivity index is 2.07. The van der Waals surface area contributed by atoms with Gasteiger partial charge in [0.05, 0.1) is 0 Å². The first-order valence-corrected chi connectivity index (χ1v) is 4.74. The summed E-state index contributed by atoms with van der Waals surface area (Å²) in [5.74, 6) is 0. The van der Waals surface area contributed by atoms with Gasteiger partial charge in [-0.15, -0.1) is 0 Å². The summed E-state index contributed by atoms with van der Waals surface area (Å²) in [5, 5.41) is 10.2. The van der Waals surface area contributed by atoms with E-state index in [4.69, 9.17) is 5.73 Å². The van der Waals surface area contributed by atoms with E-state index in [2.05, 4.69) is 22.4 Å². The standard InChI is InChI=1S/C9H18N4/c1-8(2-5-10)11-6-3-9-4-7-12-13-9/h4,7-8,11H,2-3,5-6,10H2,1H3,(H,12,13). The topological polar surface area (TPSA) is 66.7 Å². The Kier molecular flexibility index (Phi) is 4.49. The average Bonchev–Trinajstić information content (AvgIpc) is 2.57. The maximum Gasteiger partial charge on any atom is 0.0490 e. The normalized spacial score (nSPS) is 13.1. The number of nitrogens with zero attached hydrogens (tertiary/aromatic N) is 1. The van der Waals surface area contributed by atoms with Crippen LogP contribution in [0.4, 0.5) is 0 Å². The molecule has 1 aromatic heterocycles. The molecule has 0 aromatic carbocycles. The van der Waals surface area contributed by atoms with Crippen LogP contribution < -0.4 is 11.1 Å². The van der Waals surface area contributed by atoms with E-state index >= 15 is 0 Å². The zero-order valence-corrected chi connectivity index (χ0v) is 8.09. The Morgan fingerprint density at radius 1 is 1.69 bits per heavy atom. The van der Waals surface area contributed by atoms with Gasteiger partial charge >= 0.3 is 0 Å². The average molecular weight is 182 g/mol. The third kappa shape index (κ3) is 4.05. The van der Waals surface area contributed by atoms with Crippen LogP contribution in [0.2, 0.25) is 0 Å². The molecule has 0 radical (unpaired) electrons. The lowest BCUT2D eigenvalue weighted by atomic mass is 10.2. The van der Waals surface area contributed by atoms with Gasteiger partial charge < -0.3 is 11.1 Å². The first-order chi connectivity index (χ1) is 6.33. The van der Waals surface area contributed by atoms with Crippen molar-refractivity contribution >= 4 is 0 Å². The lowest BCUT2D eigenvalue weighted by Crippen LogP contribution is -2.30. The monoisotopic (exact) mass is 182 g/mol. The van der Waals surface area contributed by atoms with Crippen LogP contribution in [0.15, 0.2) is 12.3 Å². The number of nitrogens with one attached hydrogen (secondary N) is 2. The minimum absolute atomic E-state index is 0.507. The summed E-state index contributed by atoms with van der Waals surface area (Å²) < 4.78 is 0. The highest BCUT2D eigenvalue weighted by molar-refractivity contribution is 4.97. The second kappa shape index (κ2) is 5.72. The zero-order valence-electron chi connectivity index (χ0n) is 8.09. The van der Waals surface area contributed by atoms with Gasteiger partial charge in [-0.3, -0.25) is 5.10 Å². The second-order valence-corrected chi connectivity index (χ2v) is 3.26. The SMILES string of the molecule is CC(CCN)NCCc1ccn[nH]1. The van der Waals surface area contributed by atoms with E-state index in [1.54, 1.807) is 6.20 Å². The van der Waals surface area contributed by atoms with Gasteiger partial charge in [0.2, 0.25) is 0 Å². The van der Waals surface area contributed by atoms with Gasteiger partial charge in [0.25, 0.3) is 0 Å². The molecule has 1 atom stereocenters. The van der Waals surface area contributed by atoms with Crippen LogP contribution >= 0.6 is 0 Å². The molecule has 0 saturated carbocycles. The fraction of sp³-hybridized carbons (Fsp3) is 0.667.